The molecular weight excluding hydrogens is 236 g/mol. The van der Waals surface area contributed by atoms with E-state index in [0.29, 0.717) is 6.04 Å². The highest BCUT2D eigenvalue weighted by Crippen LogP contribution is 2.21. The Morgan fingerprint density at radius 1 is 1.05 bits per heavy atom. The van der Waals surface area contributed by atoms with Gasteiger partial charge in [0.05, 0.1) is 6.61 Å². The van der Waals surface area contributed by atoms with Gasteiger partial charge in [-0.3, -0.25) is 4.90 Å². The van der Waals surface area contributed by atoms with Crippen LogP contribution in [0.2, 0.25) is 0 Å². The maximum atomic E-state index is 5.48. The molecule has 0 N–H and O–H groups in total. The monoisotopic (exact) mass is 262 g/mol. The summed E-state index contributed by atoms with van der Waals surface area (Å²) in [7, 11) is 0. The van der Waals surface area contributed by atoms with Crippen molar-refractivity contribution < 1.29 is 4.74 Å². The van der Waals surface area contributed by atoms with E-state index in [0.717, 1.165) is 25.4 Å². The van der Waals surface area contributed by atoms with E-state index in [2.05, 4.69) is 47.9 Å². The molecule has 1 heterocycles. The minimum Gasteiger partial charge on any atom is -0.494 e. The van der Waals surface area contributed by atoms with E-state index < -0.39 is 0 Å². The molecule has 0 saturated carbocycles. The fourth-order valence-corrected chi connectivity index (χ4v) is 2.60. The van der Waals surface area contributed by atoms with E-state index in [1.54, 1.807) is 0 Å². The van der Waals surface area contributed by atoms with E-state index in [1.165, 1.54) is 25.2 Å². The quantitative estimate of drug-likeness (QED) is 0.811. The molecule has 1 fully saturated rings. The minimum absolute atomic E-state index is 0.711. The first-order valence-corrected chi connectivity index (χ1v) is 7.46. The normalized spacial score (nSPS) is 18.4. The summed E-state index contributed by atoms with van der Waals surface area (Å²) in [4.78, 5) is 5.06. The molecule has 0 bridgehead atoms. The highest BCUT2D eigenvalue weighted by Gasteiger charge is 2.20. The van der Waals surface area contributed by atoms with Crippen LogP contribution in [-0.2, 0) is 0 Å². The van der Waals surface area contributed by atoms with E-state index in [1.807, 2.05) is 6.92 Å². The Kier molecular flexibility index (Phi) is 5.08. The van der Waals surface area contributed by atoms with Gasteiger partial charge in [0, 0.05) is 37.9 Å². The average Bonchev–Trinajstić information content (AvgIpc) is 2.48. The van der Waals surface area contributed by atoms with Gasteiger partial charge in [0.1, 0.15) is 5.75 Å². The maximum Gasteiger partial charge on any atom is 0.119 e. The molecule has 1 aromatic carbocycles. The van der Waals surface area contributed by atoms with Crippen LogP contribution in [-0.4, -0.2) is 43.7 Å². The number of piperazine rings is 1. The molecule has 0 aromatic heterocycles. The van der Waals surface area contributed by atoms with Crippen LogP contribution >= 0.6 is 0 Å². The molecule has 3 nitrogen and oxygen atoms in total. The van der Waals surface area contributed by atoms with Crippen LogP contribution in [0.3, 0.4) is 0 Å². The van der Waals surface area contributed by atoms with Gasteiger partial charge in [0.25, 0.3) is 0 Å². The predicted octanol–water partition coefficient (Wildman–Crippen LogP) is 3.01. The van der Waals surface area contributed by atoms with Crippen LogP contribution in [0.25, 0.3) is 0 Å². The van der Waals surface area contributed by atoms with Gasteiger partial charge < -0.3 is 9.64 Å². The number of rotatable bonds is 5. The Hall–Kier alpha value is -1.22. The third kappa shape index (κ3) is 3.63. The molecule has 0 aliphatic carbocycles. The van der Waals surface area contributed by atoms with Gasteiger partial charge in [0.15, 0.2) is 0 Å². The number of hydrogen-bond acceptors (Lipinski definition) is 3. The molecule has 0 spiro atoms. The number of anilines is 1. The molecule has 1 aliphatic rings. The summed E-state index contributed by atoms with van der Waals surface area (Å²) in [5.74, 6) is 0.962. The van der Waals surface area contributed by atoms with Crippen molar-refractivity contribution in [1.29, 1.82) is 0 Å². The van der Waals surface area contributed by atoms with Gasteiger partial charge in [-0.2, -0.15) is 0 Å². The Bertz CT molecular complexity index is 369. The lowest BCUT2D eigenvalue weighted by Crippen LogP contribution is -2.49. The fraction of sp³-hybridized carbons (Fsp3) is 0.625. The lowest BCUT2D eigenvalue weighted by atomic mass is 10.1. The number of ether oxygens (including phenoxy) is 1. The third-order valence-electron chi connectivity index (χ3n) is 4.04. The molecule has 1 atom stereocenters. The Morgan fingerprint density at radius 2 is 1.68 bits per heavy atom. The van der Waals surface area contributed by atoms with Crippen LogP contribution in [0.1, 0.15) is 27.2 Å². The summed E-state index contributed by atoms with van der Waals surface area (Å²) in [6, 6.07) is 9.19. The van der Waals surface area contributed by atoms with Crippen molar-refractivity contribution in [3.05, 3.63) is 24.3 Å². The highest BCUT2D eigenvalue weighted by atomic mass is 16.5. The summed E-state index contributed by atoms with van der Waals surface area (Å²) >= 11 is 0. The van der Waals surface area contributed by atoms with Gasteiger partial charge >= 0.3 is 0 Å². The zero-order valence-corrected chi connectivity index (χ0v) is 12.4. The largest absolute Gasteiger partial charge is 0.494 e. The Balaban J connectivity index is 1.90. The standard InChI is InChI=1S/C16H26N2O/c1-4-14(3)17-10-12-18(13-11-17)15-6-8-16(9-7-15)19-5-2/h6-9,14H,4-5,10-13H2,1-3H3. The second-order valence-electron chi connectivity index (χ2n) is 5.21. The predicted molar refractivity (Wildman–Crippen MR) is 81.2 cm³/mol. The van der Waals surface area contributed by atoms with Crippen molar-refractivity contribution in [3.8, 4) is 5.75 Å². The third-order valence-corrected chi connectivity index (χ3v) is 4.04. The molecule has 2 rings (SSSR count). The van der Waals surface area contributed by atoms with Crippen molar-refractivity contribution in [2.45, 2.75) is 33.2 Å². The summed E-state index contributed by atoms with van der Waals surface area (Å²) in [6.07, 6.45) is 1.24. The zero-order chi connectivity index (χ0) is 13.7. The lowest BCUT2D eigenvalue weighted by molar-refractivity contribution is 0.193. The van der Waals surface area contributed by atoms with E-state index >= 15 is 0 Å². The van der Waals surface area contributed by atoms with E-state index in [9.17, 15) is 0 Å². The smallest absolute Gasteiger partial charge is 0.119 e. The first kappa shape index (κ1) is 14.2. The van der Waals surface area contributed by atoms with Gasteiger partial charge in [0.2, 0.25) is 0 Å². The Labute approximate surface area is 117 Å². The lowest BCUT2D eigenvalue weighted by Gasteiger charge is -2.39. The summed E-state index contributed by atoms with van der Waals surface area (Å²) in [6.45, 7) is 11.9. The fourth-order valence-electron chi connectivity index (χ4n) is 2.60. The number of nitrogens with zero attached hydrogens (tertiary/aromatic N) is 2. The first-order chi connectivity index (χ1) is 9.24. The van der Waals surface area contributed by atoms with E-state index in [-0.39, 0.29) is 0 Å². The van der Waals surface area contributed by atoms with Gasteiger partial charge in [-0.15, -0.1) is 0 Å². The second-order valence-corrected chi connectivity index (χ2v) is 5.21. The molecule has 1 saturated heterocycles. The van der Waals surface area contributed by atoms with E-state index in [4.69, 9.17) is 4.74 Å². The van der Waals surface area contributed by atoms with Crippen LogP contribution in [0.5, 0.6) is 5.75 Å². The molecule has 3 heteroatoms. The van der Waals surface area contributed by atoms with Gasteiger partial charge in [-0.1, -0.05) is 6.92 Å². The SMILES string of the molecule is CCOc1ccc(N2CCN(C(C)CC)CC2)cc1. The highest BCUT2D eigenvalue weighted by molar-refractivity contribution is 5.49. The van der Waals surface area contributed by atoms with Crippen molar-refractivity contribution in [2.24, 2.45) is 0 Å². The van der Waals surface area contributed by atoms with Gasteiger partial charge in [-0.25, -0.2) is 0 Å². The molecule has 19 heavy (non-hydrogen) atoms. The molecule has 0 amide bonds. The van der Waals surface area contributed by atoms with Crippen LogP contribution in [0, 0.1) is 0 Å². The second kappa shape index (κ2) is 6.80. The maximum absolute atomic E-state index is 5.48. The van der Waals surface area contributed by atoms with Gasteiger partial charge in [-0.05, 0) is 44.5 Å². The average molecular weight is 262 g/mol. The molecular formula is C16H26N2O. The van der Waals surface area contributed by atoms with Crippen molar-refractivity contribution >= 4 is 5.69 Å². The van der Waals surface area contributed by atoms with Crippen molar-refractivity contribution in [1.82, 2.24) is 4.90 Å². The van der Waals surface area contributed by atoms with Crippen LogP contribution < -0.4 is 9.64 Å². The minimum atomic E-state index is 0.711. The van der Waals surface area contributed by atoms with Crippen LogP contribution in [0.4, 0.5) is 5.69 Å². The summed E-state index contributed by atoms with van der Waals surface area (Å²) in [5, 5.41) is 0. The molecule has 0 radical (unpaired) electrons. The number of hydrogen-bond donors (Lipinski definition) is 0. The van der Waals surface area contributed by atoms with Crippen molar-refractivity contribution in [3.63, 3.8) is 0 Å². The van der Waals surface area contributed by atoms with Crippen LogP contribution in [0.15, 0.2) is 24.3 Å². The summed E-state index contributed by atoms with van der Waals surface area (Å²) < 4.78 is 5.48. The summed E-state index contributed by atoms with van der Waals surface area (Å²) in [5.41, 5.74) is 1.31. The topological polar surface area (TPSA) is 15.7 Å². The molecule has 1 unspecified atom stereocenters. The zero-order valence-electron chi connectivity index (χ0n) is 12.4. The van der Waals surface area contributed by atoms with Crippen molar-refractivity contribution in [2.75, 3.05) is 37.7 Å². The first-order valence-electron chi connectivity index (χ1n) is 7.46. The Morgan fingerprint density at radius 3 is 2.21 bits per heavy atom. The number of benzene rings is 1. The molecule has 1 aromatic rings. The molecule has 106 valence electrons. The molecule has 1 aliphatic heterocycles.